The van der Waals surface area contributed by atoms with E-state index in [1.165, 1.54) is 18.2 Å². The van der Waals surface area contributed by atoms with Gasteiger partial charge in [-0.1, -0.05) is 60.7 Å². The molecule has 0 bridgehead atoms. The first-order chi connectivity index (χ1) is 23.9. The van der Waals surface area contributed by atoms with Gasteiger partial charge in [0.25, 0.3) is 0 Å². The largest absolute Gasteiger partial charge is 0.428 e. The molecule has 5 rings (SSSR count). The second kappa shape index (κ2) is 15.4. The summed E-state index contributed by atoms with van der Waals surface area (Å²) in [5.41, 5.74) is -0.180. The summed E-state index contributed by atoms with van der Waals surface area (Å²) in [5, 5.41) is 0.633. The number of halogens is 6. The van der Waals surface area contributed by atoms with Crippen molar-refractivity contribution in [1.82, 2.24) is 0 Å². The summed E-state index contributed by atoms with van der Waals surface area (Å²) in [7, 11) is -3.89. The summed E-state index contributed by atoms with van der Waals surface area (Å²) in [6.07, 6.45) is -5.33. The zero-order valence-corrected chi connectivity index (χ0v) is 26.1. The van der Waals surface area contributed by atoms with Gasteiger partial charge in [0.15, 0.2) is 7.14 Å². The van der Waals surface area contributed by atoms with Crippen molar-refractivity contribution < 1.29 is 59.4 Å². The number of esters is 2. The van der Waals surface area contributed by atoms with Gasteiger partial charge in [-0.3, -0.25) is 0 Å². The molecule has 0 aliphatic heterocycles. The van der Waals surface area contributed by atoms with Crippen LogP contribution < -0.4 is 34.9 Å². The molecule has 0 N–H and O–H groups in total. The van der Waals surface area contributed by atoms with Crippen molar-refractivity contribution in [2.24, 2.45) is 0 Å². The maximum absolute atomic E-state index is 15.3. The number of carbonyl (C=O) groups is 2. The maximum atomic E-state index is 15.3. The van der Waals surface area contributed by atoms with E-state index in [9.17, 15) is 35.9 Å². The van der Waals surface area contributed by atoms with E-state index in [1.807, 2.05) is 0 Å². The molecule has 0 fully saturated rings. The van der Waals surface area contributed by atoms with Gasteiger partial charge < -0.3 is 23.5 Å². The van der Waals surface area contributed by atoms with Crippen molar-refractivity contribution >= 4 is 35.0 Å². The Morgan fingerprint density at radius 2 is 0.860 bits per heavy atom. The number of ether oxygens (including phenoxy) is 4. The Morgan fingerprint density at radius 3 is 1.28 bits per heavy atom. The van der Waals surface area contributed by atoms with Gasteiger partial charge in [-0.2, -0.15) is 26.3 Å². The lowest BCUT2D eigenvalue weighted by Gasteiger charge is -2.23. The van der Waals surface area contributed by atoms with Crippen molar-refractivity contribution in [1.29, 1.82) is 0 Å². The van der Waals surface area contributed by atoms with Crippen molar-refractivity contribution in [2.75, 3.05) is 0 Å². The number of carbonyl (C=O) groups excluding carboxylic acids is 2. The Hall–Kier alpha value is -6.07. The van der Waals surface area contributed by atoms with Gasteiger partial charge >= 0.3 is 36.1 Å². The monoisotopic (exact) mass is 710 g/mol. The molecule has 7 nitrogen and oxygen atoms in total. The topological polar surface area (TPSA) is 88.1 Å². The van der Waals surface area contributed by atoms with E-state index in [1.54, 1.807) is 60.7 Å². The fourth-order valence-electron chi connectivity index (χ4n) is 4.52. The molecule has 0 unspecified atom stereocenters. The van der Waals surface area contributed by atoms with Gasteiger partial charge in [0.1, 0.15) is 23.0 Å². The van der Waals surface area contributed by atoms with Crippen LogP contribution in [0.2, 0.25) is 0 Å². The maximum Gasteiger partial charge on any atom is 0.344 e. The molecule has 0 saturated carbocycles. The lowest BCUT2D eigenvalue weighted by atomic mass is 10.2. The fraction of sp³-hybridized carbons (Fsp3) is 0. The van der Waals surface area contributed by atoms with Crippen LogP contribution in [0.15, 0.2) is 152 Å². The normalized spacial score (nSPS) is 10.8. The van der Waals surface area contributed by atoms with Crippen LogP contribution in [0, 0.1) is 0 Å². The van der Waals surface area contributed by atoms with E-state index in [-0.39, 0.29) is 39.4 Å². The van der Waals surface area contributed by atoms with E-state index in [4.69, 9.17) is 9.47 Å². The van der Waals surface area contributed by atoms with E-state index >= 15 is 4.57 Å². The van der Waals surface area contributed by atoms with E-state index in [2.05, 4.69) is 9.47 Å². The highest BCUT2D eigenvalue weighted by atomic mass is 31.2. The molecule has 0 atom stereocenters. The Kier molecular flexibility index (Phi) is 10.9. The van der Waals surface area contributed by atoms with Crippen LogP contribution in [0.1, 0.15) is 20.7 Å². The molecule has 5 aromatic rings. The van der Waals surface area contributed by atoms with Crippen LogP contribution in [-0.4, -0.2) is 11.9 Å². The minimum atomic E-state index is -3.89. The molecular formula is C36H21F6O7P. The molecule has 0 aliphatic carbocycles. The van der Waals surface area contributed by atoms with Gasteiger partial charge in [0.05, 0.1) is 16.4 Å². The van der Waals surface area contributed by atoms with Gasteiger partial charge in [-0.25, -0.2) is 9.59 Å². The van der Waals surface area contributed by atoms with Gasteiger partial charge in [0, 0.05) is 10.6 Å². The molecule has 0 saturated heterocycles. The SMILES string of the molecule is O=C(Oc1ccc(OC(=O)c2ccc(OC(F)=C(F)F)cc2)c(P(=O)(c2ccccc2)c2ccccc2)c1)c1ccc(OC(F)=C(F)F)cc1. The van der Waals surface area contributed by atoms with E-state index in [0.29, 0.717) is 10.6 Å². The second-order valence-electron chi connectivity index (χ2n) is 10.0. The lowest BCUT2D eigenvalue weighted by Crippen LogP contribution is -2.27. The van der Waals surface area contributed by atoms with Crippen molar-refractivity contribution in [3.63, 3.8) is 0 Å². The highest BCUT2D eigenvalue weighted by Gasteiger charge is 2.34. The summed E-state index contributed by atoms with van der Waals surface area (Å²) in [6, 6.07) is 24.9. The van der Waals surface area contributed by atoms with Crippen molar-refractivity contribution in [3.8, 4) is 23.0 Å². The predicted octanol–water partition coefficient (Wildman–Crippen LogP) is 8.59. The van der Waals surface area contributed by atoms with E-state index < -0.39 is 43.3 Å². The Morgan fingerprint density at radius 1 is 0.460 bits per heavy atom. The fourth-order valence-corrected chi connectivity index (χ4v) is 7.30. The minimum Gasteiger partial charge on any atom is -0.428 e. The Bertz CT molecular complexity index is 2070. The molecular weight excluding hydrogens is 689 g/mol. The third kappa shape index (κ3) is 8.13. The number of hydrogen-bond donors (Lipinski definition) is 0. The summed E-state index contributed by atoms with van der Waals surface area (Å²) >= 11 is 0. The highest BCUT2D eigenvalue weighted by molar-refractivity contribution is 7.85. The van der Waals surface area contributed by atoms with E-state index in [0.717, 1.165) is 48.5 Å². The number of hydrogen-bond acceptors (Lipinski definition) is 7. The minimum absolute atomic E-state index is 0.0432. The molecule has 50 heavy (non-hydrogen) atoms. The molecule has 0 heterocycles. The standard InChI is InChI=1S/C36H21F6O7P/c37-31(38)33(41)46-24-15-11-22(12-16-24)35(43)48-26-19-20-29(49-36(44)23-13-17-25(18-14-23)47-34(42)32(39)40)30(21-26)50(45,27-7-3-1-4-8-27)28-9-5-2-6-10-28/h1-21H. The highest BCUT2D eigenvalue weighted by Crippen LogP contribution is 2.46. The molecule has 0 amide bonds. The van der Waals surface area contributed by atoms with Crippen LogP contribution >= 0.6 is 7.14 Å². The van der Waals surface area contributed by atoms with Crippen molar-refractivity contribution in [2.45, 2.75) is 0 Å². The Balaban J connectivity index is 1.52. The summed E-state index contributed by atoms with van der Waals surface area (Å²) in [5.74, 6) is -2.85. The van der Waals surface area contributed by atoms with Gasteiger partial charge in [0.2, 0.25) is 0 Å². The summed E-state index contributed by atoms with van der Waals surface area (Å²) < 4.78 is 111. The first-order valence-corrected chi connectivity index (χ1v) is 15.9. The van der Waals surface area contributed by atoms with Crippen LogP contribution in [-0.2, 0) is 4.57 Å². The second-order valence-corrected chi connectivity index (χ2v) is 12.7. The first kappa shape index (κ1) is 35.2. The number of rotatable bonds is 11. The molecule has 14 heteroatoms. The third-order valence-electron chi connectivity index (χ3n) is 6.81. The third-order valence-corrected chi connectivity index (χ3v) is 9.89. The quantitative estimate of drug-likeness (QED) is 0.0446. The predicted molar refractivity (Wildman–Crippen MR) is 171 cm³/mol. The lowest BCUT2D eigenvalue weighted by molar-refractivity contribution is 0.0720. The van der Waals surface area contributed by atoms with Crippen LogP contribution in [0.4, 0.5) is 26.3 Å². The zero-order chi connectivity index (χ0) is 35.8. The molecule has 0 aromatic heterocycles. The van der Waals surface area contributed by atoms with Gasteiger partial charge in [-0.15, -0.1) is 0 Å². The molecule has 0 spiro atoms. The number of benzene rings is 5. The molecule has 0 radical (unpaired) electrons. The molecule has 254 valence electrons. The average Bonchev–Trinajstić information content (AvgIpc) is 3.13. The first-order valence-electron chi connectivity index (χ1n) is 14.2. The van der Waals surface area contributed by atoms with Crippen LogP contribution in [0.25, 0.3) is 0 Å². The molecule has 5 aromatic carbocycles. The van der Waals surface area contributed by atoms with Crippen molar-refractivity contribution in [3.05, 3.63) is 163 Å². The average molecular weight is 711 g/mol. The smallest absolute Gasteiger partial charge is 0.344 e. The summed E-state index contributed by atoms with van der Waals surface area (Å²) in [6.45, 7) is 0. The zero-order valence-electron chi connectivity index (χ0n) is 25.2. The molecule has 0 aliphatic rings. The summed E-state index contributed by atoms with van der Waals surface area (Å²) in [4.78, 5) is 26.3. The van der Waals surface area contributed by atoms with Crippen LogP contribution in [0.5, 0.6) is 23.0 Å². The van der Waals surface area contributed by atoms with Crippen LogP contribution in [0.3, 0.4) is 0 Å². The Labute approximate surface area is 280 Å². The van der Waals surface area contributed by atoms with Gasteiger partial charge in [-0.05, 0) is 66.7 Å².